The van der Waals surface area contributed by atoms with Crippen molar-refractivity contribution in [3.63, 3.8) is 0 Å². The molecule has 1 atom stereocenters. The average Bonchev–Trinajstić information content (AvgIpc) is 3.28. The van der Waals surface area contributed by atoms with Crippen LogP contribution in [0.3, 0.4) is 0 Å². The molecule has 2 saturated heterocycles. The third-order valence-electron chi connectivity index (χ3n) is 5.33. The highest BCUT2D eigenvalue weighted by molar-refractivity contribution is 14.0. The first-order valence-corrected chi connectivity index (χ1v) is 11.1. The van der Waals surface area contributed by atoms with Crippen LogP contribution in [0.1, 0.15) is 50.7 Å². The van der Waals surface area contributed by atoms with Crippen LogP contribution in [0.25, 0.3) is 0 Å². The van der Waals surface area contributed by atoms with Crippen molar-refractivity contribution < 1.29 is 4.79 Å². The number of guanidine groups is 1. The van der Waals surface area contributed by atoms with E-state index in [1.54, 1.807) is 0 Å². The first kappa shape index (κ1) is 23.3. The van der Waals surface area contributed by atoms with E-state index in [-0.39, 0.29) is 29.9 Å². The van der Waals surface area contributed by atoms with Gasteiger partial charge in [0.2, 0.25) is 5.91 Å². The lowest BCUT2D eigenvalue weighted by molar-refractivity contribution is -0.128. The Morgan fingerprint density at radius 2 is 2.04 bits per heavy atom. The molecule has 1 aromatic rings. The highest BCUT2D eigenvalue weighted by Gasteiger charge is 2.29. The van der Waals surface area contributed by atoms with Crippen molar-refractivity contribution in [2.45, 2.75) is 57.4 Å². The summed E-state index contributed by atoms with van der Waals surface area (Å²) in [5.74, 6) is 2.40. The van der Waals surface area contributed by atoms with Gasteiger partial charge in [-0.05, 0) is 50.0 Å². The molecule has 0 aromatic heterocycles. The Labute approximate surface area is 190 Å². The second-order valence-electron chi connectivity index (χ2n) is 7.64. The summed E-state index contributed by atoms with van der Waals surface area (Å²) < 4.78 is 0.310. The Morgan fingerprint density at radius 3 is 2.68 bits per heavy atom. The van der Waals surface area contributed by atoms with E-state index < -0.39 is 0 Å². The molecule has 2 aliphatic rings. The van der Waals surface area contributed by atoms with Gasteiger partial charge in [0.1, 0.15) is 0 Å². The van der Waals surface area contributed by atoms with E-state index in [0.717, 1.165) is 32.0 Å². The Bertz CT molecular complexity index is 676. The number of carbonyl (C=O) groups excluding carboxylic acids is 1. The second-order valence-corrected chi connectivity index (χ2v) is 9.32. The molecule has 2 fully saturated rings. The molecule has 2 heterocycles. The molecule has 1 unspecified atom stereocenters. The molecule has 3 rings (SSSR count). The van der Waals surface area contributed by atoms with Gasteiger partial charge in [-0.2, -0.15) is 11.8 Å². The molecule has 28 heavy (non-hydrogen) atoms. The molecular formula is C21H33IN4OS. The van der Waals surface area contributed by atoms with Gasteiger partial charge in [-0.15, -0.1) is 24.0 Å². The van der Waals surface area contributed by atoms with Gasteiger partial charge in [-0.25, -0.2) is 4.99 Å². The van der Waals surface area contributed by atoms with Crippen LogP contribution in [0.2, 0.25) is 0 Å². The molecule has 0 saturated carbocycles. The van der Waals surface area contributed by atoms with Gasteiger partial charge < -0.3 is 15.5 Å². The molecule has 0 bridgehead atoms. The molecule has 0 radical (unpaired) electrons. The van der Waals surface area contributed by atoms with Crippen LogP contribution >= 0.6 is 35.7 Å². The molecule has 0 aliphatic carbocycles. The fourth-order valence-electron chi connectivity index (χ4n) is 3.70. The van der Waals surface area contributed by atoms with Crippen molar-refractivity contribution in [1.82, 2.24) is 15.5 Å². The highest BCUT2D eigenvalue weighted by atomic mass is 127. The molecule has 5 nitrogen and oxygen atoms in total. The van der Waals surface area contributed by atoms with Gasteiger partial charge in [0.15, 0.2) is 5.96 Å². The fraction of sp³-hybridized carbons (Fsp3) is 0.619. The largest absolute Gasteiger partial charge is 0.357 e. The maximum atomic E-state index is 12.0. The van der Waals surface area contributed by atoms with Gasteiger partial charge in [0.05, 0.1) is 6.54 Å². The third kappa shape index (κ3) is 6.54. The summed E-state index contributed by atoms with van der Waals surface area (Å²) in [7, 11) is 0. The summed E-state index contributed by atoms with van der Waals surface area (Å²) in [4.78, 5) is 18.7. The van der Waals surface area contributed by atoms with Crippen molar-refractivity contribution in [2.75, 3.05) is 25.4 Å². The molecule has 1 aromatic carbocycles. The van der Waals surface area contributed by atoms with Crippen LogP contribution in [0.15, 0.2) is 29.3 Å². The van der Waals surface area contributed by atoms with Gasteiger partial charge in [-0.3, -0.25) is 4.79 Å². The molecule has 2 N–H and O–H groups in total. The van der Waals surface area contributed by atoms with E-state index in [1.165, 1.54) is 29.7 Å². The number of nitrogens with one attached hydrogen (secondary N) is 2. The molecule has 0 spiro atoms. The SMILES string of the molecule is CCNC(=NCc1ccccc1CN1CCCC1=O)NCC1(C)CCCS1.I. The van der Waals surface area contributed by atoms with Gasteiger partial charge in [0.25, 0.3) is 0 Å². The molecular weight excluding hydrogens is 483 g/mol. The summed E-state index contributed by atoms with van der Waals surface area (Å²) in [6.07, 6.45) is 4.23. The highest BCUT2D eigenvalue weighted by Crippen LogP contribution is 2.36. The first-order chi connectivity index (χ1) is 13.1. The van der Waals surface area contributed by atoms with Crippen LogP contribution in [-0.4, -0.2) is 46.9 Å². The number of nitrogens with zero attached hydrogens (tertiary/aromatic N) is 2. The smallest absolute Gasteiger partial charge is 0.222 e. The number of rotatable bonds is 7. The van der Waals surface area contributed by atoms with E-state index in [0.29, 0.717) is 24.3 Å². The molecule has 2 aliphatic heterocycles. The monoisotopic (exact) mass is 516 g/mol. The van der Waals surface area contributed by atoms with Crippen LogP contribution in [0, 0.1) is 0 Å². The number of likely N-dealkylation sites (tertiary alicyclic amines) is 1. The maximum absolute atomic E-state index is 12.0. The summed E-state index contributed by atoms with van der Waals surface area (Å²) in [5, 5.41) is 6.89. The minimum Gasteiger partial charge on any atom is -0.357 e. The van der Waals surface area contributed by atoms with E-state index in [2.05, 4.69) is 54.4 Å². The topological polar surface area (TPSA) is 56.7 Å². The number of thioether (sulfide) groups is 1. The quantitative estimate of drug-likeness (QED) is 0.329. The number of hydrogen-bond acceptors (Lipinski definition) is 3. The number of amides is 1. The van der Waals surface area contributed by atoms with E-state index >= 15 is 0 Å². The van der Waals surface area contributed by atoms with Crippen LogP contribution in [-0.2, 0) is 17.9 Å². The summed E-state index contributed by atoms with van der Waals surface area (Å²) >= 11 is 2.06. The van der Waals surface area contributed by atoms with Gasteiger partial charge in [0, 0.05) is 37.3 Å². The van der Waals surface area contributed by atoms with Crippen molar-refractivity contribution in [1.29, 1.82) is 0 Å². The van der Waals surface area contributed by atoms with Crippen molar-refractivity contribution >= 4 is 47.6 Å². The van der Waals surface area contributed by atoms with E-state index in [4.69, 9.17) is 4.99 Å². The minimum absolute atomic E-state index is 0. The third-order valence-corrected chi connectivity index (χ3v) is 6.87. The zero-order valence-corrected chi connectivity index (χ0v) is 20.1. The standard InChI is InChI=1S/C21H32N4OS.HI/c1-3-22-20(24-16-21(2)11-7-13-27-21)23-14-17-8-4-5-9-18(17)15-25-12-6-10-19(25)26;/h4-5,8-9H,3,6-7,10-16H2,1-2H3,(H2,22,23,24);1H. The van der Waals surface area contributed by atoms with Crippen molar-refractivity contribution in [3.8, 4) is 0 Å². The molecule has 7 heteroatoms. The fourth-order valence-corrected chi connectivity index (χ4v) is 4.94. The summed E-state index contributed by atoms with van der Waals surface area (Å²) in [6.45, 7) is 8.41. The van der Waals surface area contributed by atoms with Gasteiger partial charge >= 0.3 is 0 Å². The zero-order valence-electron chi connectivity index (χ0n) is 17.0. The lowest BCUT2D eigenvalue weighted by atomic mass is 10.1. The van der Waals surface area contributed by atoms with E-state index in [9.17, 15) is 4.79 Å². The summed E-state index contributed by atoms with van der Waals surface area (Å²) in [5.41, 5.74) is 2.39. The average molecular weight is 516 g/mol. The number of hydrogen-bond donors (Lipinski definition) is 2. The Balaban J connectivity index is 0.00000280. The maximum Gasteiger partial charge on any atom is 0.222 e. The van der Waals surface area contributed by atoms with Crippen LogP contribution in [0.5, 0.6) is 0 Å². The lowest BCUT2D eigenvalue weighted by Gasteiger charge is -2.24. The number of benzene rings is 1. The second kappa shape index (κ2) is 11.3. The number of aliphatic imine (C=N–C) groups is 1. The lowest BCUT2D eigenvalue weighted by Crippen LogP contribution is -2.43. The minimum atomic E-state index is 0. The molecule has 156 valence electrons. The van der Waals surface area contributed by atoms with Crippen LogP contribution < -0.4 is 10.6 Å². The van der Waals surface area contributed by atoms with Crippen molar-refractivity contribution in [3.05, 3.63) is 35.4 Å². The molecule has 1 amide bonds. The Hall–Kier alpha value is -0.960. The Morgan fingerprint density at radius 1 is 1.25 bits per heavy atom. The normalized spacial score (nSPS) is 22.3. The predicted molar refractivity (Wildman–Crippen MR) is 129 cm³/mol. The number of halogens is 1. The first-order valence-electron chi connectivity index (χ1n) is 10.1. The Kier molecular flexibility index (Phi) is 9.40. The predicted octanol–water partition coefficient (Wildman–Crippen LogP) is 3.77. The number of carbonyl (C=O) groups is 1. The van der Waals surface area contributed by atoms with Crippen LogP contribution in [0.4, 0.5) is 0 Å². The van der Waals surface area contributed by atoms with E-state index in [1.807, 2.05) is 11.0 Å². The van der Waals surface area contributed by atoms with Gasteiger partial charge in [-0.1, -0.05) is 24.3 Å². The zero-order chi connectivity index (χ0) is 19.1. The van der Waals surface area contributed by atoms with Crippen molar-refractivity contribution in [2.24, 2.45) is 4.99 Å². The summed E-state index contributed by atoms with van der Waals surface area (Å²) in [6, 6.07) is 8.34.